The predicted octanol–water partition coefficient (Wildman–Crippen LogP) is 17.4. The lowest BCUT2D eigenvalue weighted by molar-refractivity contribution is -0.161. The van der Waals surface area contributed by atoms with Crippen molar-refractivity contribution in [3.63, 3.8) is 0 Å². The Bertz CT molecular complexity index is 1660. The van der Waals surface area contributed by atoms with E-state index in [0.29, 0.717) is 37.5 Å². The number of aliphatic hydroxyl groups excluding tert-OH is 1. The quantitative estimate of drug-likeness (QED) is 0.0222. The third-order valence-corrected chi connectivity index (χ3v) is 16.8. The SMILES string of the molecule is CCC(C)CCCCCCCCC(=O)OC[C@H](COP(=O)(O)OCC(O)COP(=O)(O)OC[C@@H](COC(=O)CCCCCCCCCC(C)C)OC(=O)CCCCCCCCCC(C)C)OC(=O)CCCCCCCCCCCCC(C)C. The van der Waals surface area contributed by atoms with Gasteiger partial charge in [-0.2, -0.15) is 0 Å². The van der Waals surface area contributed by atoms with Crippen molar-refractivity contribution < 1.29 is 80.2 Å². The Hall–Kier alpha value is -1.94. The van der Waals surface area contributed by atoms with Crippen LogP contribution < -0.4 is 0 Å². The number of hydrogen-bond donors (Lipinski definition) is 3. The lowest BCUT2D eigenvalue weighted by Crippen LogP contribution is -2.30. The molecule has 17 nitrogen and oxygen atoms in total. The van der Waals surface area contributed by atoms with Crippen LogP contribution in [0.2, 0.25) is 0 Å². The molecule has 83 heavy (non-hydrogen) atoms. The summed E-state index contributed by atoms with van der Waals surface area (Å²) in [5, 5.41) is 10.5. The first-order chi connectivity index (χ1) is 39.6. The van der Waals surface area contributed by atoms with Crippen LogP contribution in [0, 0.1) is 23.7 Å². The van der Waals surface area contributed by atoms with Crippen LogP contribution in [0.3, 0.4) is 0 Å². The molecule has 0 saturated carbocycles. The first-order valence-corrected chi connectivity index (χ1v) is 36.2. The Balaban J connectivity index is 5.26. The van der Waals surface area contributed by atoms with Gasteiger partial charge in [-0.05, 0) is 49.4 Å². The van der Waals surface area contributed by atoms with Gasteiger partial charge < -0.3 is 33.8 Å². The summed E-state index contributed by atoms with van der Waals surface area (Å²) in [4.78, 5) is 72.2. The molecule has 0 aromatic rings. The van der Waals surface area contributed by atoms with Crippen molar-refractivity contribution in [3.8, 4) is 0 Å². The molecule has 0 aromatic heterocycles. The van der Waals surface area contributed by atoms with Crippen LogP contribution in [0.25, 0.3) is 0 Å². The fraction of sp³-hybridized carbons (Fsp3) is 0.938. The van der Waals surface area contributed by atoms with Crippen LogP contribution in [-0.4, -0.2) is 96.7 Å². The van der Waals surface area contributed by atoms with Crippen molar-refractivity contribution in [2.24, 2.45) is 23.7 Å². The van der Waals surface area contributed by atoms with Gasteiger partial charge in [-0.1, -0.05) is 254 Å². The van der Waals surface area contributed by atoms with E-state index in [9.17, 15) is 43.2 Å². The second-order valence-corrected chi connectivity index (χ2v) is 27.7. The van der Waals surface area contributed by atoms with Crippen molar-refractivity contribution in [2.75, 3.05) is 39.6 Å². The zero-order valence-electron chi connectivity index (χ0n) is 53.8. The highest BCUT2D eigenvalue weighted by molar-refractivity contribution is 7.47. The predicted molar refractivity (Wildman–Crippen MR) is 331 cm³/mol. The van der Waals surface area contributed by atoms with Gasteiger partial charge in [0, 0.05) is 25.7 Å². The summed E-state index contributed by atoms with van der Waals surface area (Å²) in [5.74, 6) is 0.742. The van der Waals surface area contributed by atoms with Crippen LogP contribution in [0.1, 0.15) is 306 Å². The molecule has 6 atom stereocenters. The Morgan fingerprint density at radius 3 is 0.855 bits per heavy atom. The normalized spacial score (nSPS) is 14.8. The van der Waals surface area contributed by atoms with Crippen LogP contribution in [-0.2, 0) is 65.4 Å². The van der Waals surface area contributed by atoms with Gasteiger partial charge in [0.15, 0.2) is 12.2 Å². The number of carbonyl (C=O) groups is 4. The number of aliphatic hydroxyl groups is 1. The van der Waals surface area contributed by atoms with Crippen LogP contribution in [0.5, 0.6) is 0 Å². The minimum absolute atomic E-state index is 0.102. The van der Waals surface area contributed by atoms with Crippen LogP contribution in [0.15, 0.2) is 0 Å². The van der Waals surface area contributed by atoms with E-state index in [2.05, 4.69) is 55.4 Å². The molecular weight excluding hydrogens is 1100 g/mol. The summed E-state index contributed by atoms with van der Waals surface area (Å²) < 4.78 is 68.0. The van der Waals surface area contributed by atoms with Gasteiger partial charge >= 0.3 is 39.5 Å². The maximum atomic E-state index is 13.0. The molecular formula is C64H124O17P2. The van der Waals surface area contributed by atoms with E-state index < -0.39 is 97.5 Å². The zero-order valence-corrected chi connectivity index (χ0v) is 55.6. The molecule has 0 spiro atoms. The molecule has 4 unspecified atom stereocenters. The number of rotatable bonds is 61. The standard InChI is InChI=1S/C64H124O17P2/c1-9-57(8)43-35-27-22-23-29-37-45-62(67)75-51-60(80-63(68)46-38-30-19-13-11-10-12-16-24-32-40-54(2)3)53-79-83(72,73)77-49-58(65)48-76-82(70,71)78-52-59(81-64(69)47-39-31-21-15-18-26-34-42-56(6)7)50-74-61(66)44-36-28-20-14-17-25-33-41-55(4)5/h54-60,65H,9-53H2,1-8H3,(H,70,71)(H,72,73)/t57?,58?,59-,60-/m1/s1. The summed E-state index contributed by atoms with van der Waals surface area (Å²) >= 11 is 0. The van der Waals surface area contributed by atoms with E-state index in [1.807, 2.05) is 0 Å². The molecule has 0 aliphatic heterocycles. The molecule has 0 saturated heterocycles. The molecule has 0 aliphatic carbocycles. The second-order valence-electron chi connectivity index (χ2n) is 24.8. The molecule has 0 radical (unpaired) electrons. The van der Waals surface area contributed by atoms with E-state index in [4.69, 9.17) is 37.0 Å². The Morgan fingerprint density at radius 2 is 0.578 bits per heavy atom. The highest BCUT2D eigenvalue weighted by Gasteiger charge is 2.30. The highest BCUT2D eigenvalue weighted by atomic mass is 31.2. The lowest BCUT2D eigenvalue weighted by Gasteiger charge is -2.21. The van der Waals surface area contributed by atoms with Crippen LogP contribution in [0.4, 0.5) is 0 Å². The van der Waals surface area contributed by atoms with Gasteiger partial charge in [-0.3, -0.25) is 37.3 Å². The van der Waals surface area contributed by atoms with Gasteiger partial charge in [0.2, 0.25) is 0 Å². The fourth-order valence-electron chi connectivity index (χ4n) is 9.40. The Morgan fingerprint density at radius 1 is 0.337 bits per heavy atom. The number of phosphoric acid groups is 2. The lowest BCUT2D eigenvalue weighted by atomic mass is 10.00. The van der Waals surface area contributed by atoms with E-state index in [1.165, 1.54) is 96.3 Å². The monoisotopic (exact) mass is 1230 g/mol. The Labute approximate surface area is 505 Å². The summed E-state index contributed by atoms with van der Waals surface area (Å²) in [7, 11) is -9.89. The topological polar surface area (TPSA) is 237 Å². The summed E-state index contributed by atoms with van der Waals surface area (Å²) in [6.07, 6.45) is 33.6. The number of unbranched alkanes of at least 4 members (excludes halogenated alkanes) is 26. The summed E-state index contributed by atoms with van der Waals surface area (Å²) in [6.45, 7) is 13.9. The van der Waals surface area contributed by atoms with Gasteiger partial charge in [-0.15, -0.1) is 0 Å². The molecule has 19 heteroatoms. The van der Waals surface area contributed by atoms with Crippen molar-refractivity contribution in [3.05, 3.63) is 0 Å². The van der Waals surface area contributed by atoms with Crippen molar-refractivity contribution in [1.29, 1.82) is 0 Å². The third-order valence-electron chi connectivity index (χ3n) is 14.9. The van der Waals surface area contributed by atoms with Gasteiger partial charge in [-0.25, -0.2) is 9.13 Å². The average molecular weight is 1230 g/mol. The molecule has 0 rings (SSSR count). The maximum absolute atomic E-state index is 13.0. The van der Waals surface area contributed by atoms with Gasteiger partial charge in [0.25, 0.3) is 0 Å². The number of phosphoric ester groups is 2. The highest BCUT2D eigenvalue weighted by Crippen LogP contribution is 2.45. The van der Waals surface area contributed by atoms with E-state index in [0.717, 1.165) is 115 Å². The maximum Gasteiger partial charge on any atom is 0.472 e. The molecule has 3 N–H and O–H groups in total. The third kappa shape index (κ3) is 57.6. The first-order valence-electron chi connectivity index (χ1n) is 33.2. The largest absolute Gasteiger partial charge is 0.472 e. The number of carbonyl (C=O) groups excluding carboxylic acids is 4. The zero-order chi connectivity index (χ0) is 61.8. The first kappa shape index (κ1) is 81.1. The molecule has 0 fully saturated rings. The molecule has 492 valence electrons. The molecule has 0 aromatic carbocycles. The number of ether oxygens (including phenoxy) is 4. The van der Waals surface area contributed by atoms with Crippen molar-refractivity contribution in [1.82, 2.24) is 0 Å². The smallest absolute Gasteiger partial charge is 0.462 e. The molecule has 0 aliphatic rings. The second kappa shape index (κ2) is 54.2. The summed E-state index contributed by atoms with van der Waals surface area (Å²) in [6, 6.07) is 0. The van der Waals surface area contributed by atoms with Gasteiger partial charge in [0.1, 0.15) is 19.3 Å². The summed E-state index contributed by atoms with van der Waals surface area (Å²) in [5.41, 5.74) is 0. The van der Waals surface area contributed by atoms with Crippen LogP contribution >= 0.6 is 15.6 Å². The van der Waals surface area contributed by atoms with Crippen molar-refractivity contribution in [2.45, 2.75) is 324 Å². The van der Waals surface area contributed by atoms with Crippen molar-refractivity contribution >= 4 is 39.5 Å². The minimum Gasteiger partial charge on any atom is -0.462 e. The number of hydrogen-bond acceptors (Lipinski definition) is 15. The number of esters is 4. The molecule has 0 heterocycles. The Kier molecular flexibility index (Phi) is 53.0. The minimum atomic E-state index is -4.95. The van der Waals surface area contributed by atoms with E-state index in [-0.39, 0.29) is 25.7 Å². The fourth-order valence-corrected chi connectivity index (χ4v) is 11.0. The van der Waals surface area contributed by atoms with E-state index in [1.54, 1.807) is 0 Å². The molecule has 0 bridgehead atoms. The average Bonchev–Trinajstić information content (AvgIpc) is 3.43. The van der Waals surface area contributed by atoms with Gasteiger partial charge in [0.05, 0.1) is 26.4 Å². The van der Waals surface area contributed by atoms with E-state index >= 15 is 0 Å². The molecule has 0 amide bonds.